The monoisotopic (exact) mass is 211 g/mol. The van der Waals surface area contributed by atoms with Crippen LogP contribution in [-0.2, 0) is 9.59 Å². The first-order valence-corrected chi connectivity index (χ1v) is 5.64. The van der Waals surface area contributed by atoms with Gasteiger partial charge in [0.25, 0.3) is 0 Å². The second-order valence-corrected chi connectivity index (χ2v) is 5.57. The summed E-state index contributed by atoms with van der Waals surface area (Å²) in [5.41, 5.74) is -0.369. The number of rotatable bonds is 1. The van der Waals surface area contributed by atoms with Gasteiger partial charge in [0, 0.05) is 23.8 Å². The van der Waals surface area contributed by atoms with Crippen molar-refractivity contribution in [2.45, 2.75) is 53.0 Å². The smallest absolute Gasteiger partial charge is 0.225 e. The molecule has 3 nitrogen and oxygen atoms in total. The molecule has 0 saturated heterocycles. The number of carbonyl (C=O) groups is 2. The van der Waals surface area contributed by atoms with E-state index in [1.54, 1.807) is 0 Å². The van der Waals surface area contributed by atoms with Crippen LogP contribution in [0.25, 0.3) is 0 Å². The fraction of sp³-hybridized carbons (Fsp3) is 0.833. The van der Waals surface area contributed by atoms with Crippen molar-refractivity contribution in [3.8, 4) is 0 Å². The summed E-state index contributed by atoms with van der Waals surface area (Å²) in [6, 6.07) is 0.0559. The van der Waals surface area contributed by atoms with Crippen LogP contribution in [0.4, 0.5) is 0 Å². The Balaban J connectivity index is 2.47. The maximum absolute atomic E-state index is 11.7. The van der Waals surface area contributed by atoms with Crippen LogP contribution in [0.5, 0.6) is 0 Å². The molecule has 15 heavy (non-hydrogen) atoms. The quantitative estimate of drug-likeness (QED) is 0.720. The molecule has 2 atom stereocenters. The summed E-state index contributed by atoms with van der Waals surface area (Å²) < 4.78 is 0. The summed E-state index contributed by atoms with van der Waals surface area (Å²) in [6.45, 7) is 7.62. The van der Waals surface area contributed by atoms with E-state index < -0.39 is 0 Å². The molecule has 0 aromatic rings. The van der Waals surface area contributed by atoms with Gasteiger partial charge in [0.15, 0.2) is 0 Å². The van der Waals surface area contributed by atoms with Crippen molar-refractivity contribution < 1.29 is 9.59 Å². The Bertz CT molecular complexity index is 265. The minimum atomic E-state index is -0.369. The summed E-state index contributed by atoms with van der Waals surface area (Å²) in [5, 5.41) is 2.95. The van der Waals surface area contributed by atoms with E-state index in [2.05, 4.69) is 5.32 Å². The first-order chi connectivity index (χ1) is 6.80. The van der Waals surface area contributed by atoms with E-state index >= 15 is 0 Å². The van der Waals surface area contributed by atoms with Crippen molar-refractivity contribution >= 4 is 11.7 Å². The molecule has 0 radical (unpaired) electrons. The second kappa shape index (κ2) is 4.33. The second-order valence-electron chi connectivity index (χ2n) is 5.57. The molecule has 0 aromatic carbocycles. The molecule has 1 saturated carbocycles. The van der Waals surface area contributed by atoms with Crippen molar-refractivity contribution in [3.63, 3.8) is 0 Å². The Kier molecular flexibility index (Phi) is 3.53. The van der Waals surface area contributed by atoms with Gasteiger partial charge in [-0.15, -0.1) is 0 Å². The number of hydrogen-bond donors (Lipinski definition) is 1. The molecule has 0 aromatic heterocycles. The Morgan fingerprint density at radius 3 is 2.40 bits per heavy atom. The van der Waals surface area contributed by atoms with Gasteiger partial charge in [-0.05, 0) is 12.8 Å². The molecule has 1 amide bonds. The Morgan fingerprint density at radius 2 is 1.93 bits per heavy atom. The zero-order chi connectivity index (χ0) is 11.6. The molecule has 0 spiro atoms. The minimum absolute atomic E-state index is 0.0369. The lowest BCUT2D eigenvalue weighted by Gasteiger charge is -2.28. The van der Waals surface area contributed by atoms with Gasteiger partial charge in [-0.25, -0.2) is 0 Å². The molecule has 1 fully saturated rings. The Hall–Kier alpha value is -0.860. The number of nitrogens with one attached hydrogen (secondary N) is 1. The molecule has 1 aliphatic carbocycles. The van der Waals surface area contributed by atoms with Gasteiger partial charge in [0.05, 0.1) is 0 Å². The van der Waals surface area contributed by atoms with Crippen LogP contribution in [0.1, 0.15) is 47.0 Å². The molecule has 3 heteroatoms. The number of amides is 1. The maximum Gasteiger partial charge on any atom is 0.225 e. The van der Waals surface area contributed by atoms with Gasteiger partial charge >= 0.3 is 0 Å². The lowest BCUT2D eigenvalue weighted by Crippen LogP contribution is -2.45. The van der Waals surface area contributed by atoms with E-state index in [-0.39, 0.29) is 29.1 Å². The third kappa shape index (κ3) is 3.33. The first-order valence-electron chi connectivity index (χ1n) is 5.64. The minimum Gasteiger partial charge on any atom is -0.352 e. The predicted molar refractivity (Wildman–Crippen MR) is 59.4 cm³/mol. The van der Waals surface area contributed by atoms with Crippen LogP contribution in [0.2, 0.25) is 0 Å². The highest BCUT2D eigenvalue weighted by Gasteiger charge is 2.29. The van der Waals surface area contributed by atoms with E-state index in [4.69, 9.17) is 0 Å². The number of carbonyl (C=O) groups excluding carboxylic acids is 2. The third-order valence-corrected chi connectivity index (χ3v) is 2.96. The molecule has 0 bridgehead atoms. The van der Waals surface area contributed by atoms with Crippen LogP contribution >= 0.6 is 0 Å². The highest BCUT2D eigenvalue weighted by atomic mass is 16.2. The van der Waals surface area contributed by atoms with Crippen molar-refractivity contribution in [1.82, 2.24) is 5.32 Å². The summed E-state index contributed by atoms with van der Waals surface area (Å²) in [7, 11) is 0. The molecule has 2 unspecified atom stereocenters. The molecule has 0 heterocycles. The lowest BCUT2D eigenvalue weighted by molar-refractivity contribution is -0.130. The third-order valence-electron chi connectivity index (χ3n) is 2.96. The number of hydrogen-bond acceptors (Lipinski definition) is 2. The van der Waals surface area contributed by atoms with Crippen LogP contribution in [0.3, 0.4) is 0 Å². The van der Waals surface area contributed by atoms with E-state index in [0.29, 0.717) is 6.42 Å². The average Bonchev–Trinajstić information content (AvgIpc) is 2.10. The summed E-state index contributed by atoms with van der Waals surface area (Å²) in [5.74, 6) is 0.489. The zero-order valence-corrected chi connectivity index (χ0v) is 10.1. The van der Waals surface area contributed by atoms with Gasteiger partial charge in [0.2, 0.25) is 5.91 Å². The SMILES string of the molecule is CC1CCC(NC(=O)C(C)(C)C)CC1=O. The van der Waals surface area contributed by atoms with Gasteiger partial charge in [-0.2, -0.15) is 0 Å². The summed E-state index contributed by atoms with van der Waals surface area (Å²) in [4.78, 5) is 23.2. The van der Waals surface area contributed by atoms with E-state index in [1.165, 1.54) is 0 Å². The molecule has 1 aliphatic rings. The highest BCUT2D eigenvalue weighted by molar-refractivity contribution is 5.85. The van der Waals surface area contributed by atoms with E-state index in [0.717, 1.165) is 12.8 Å². The van der Waals surface area contributed by atoms with Gasteiger partial charge in [0.1, 0.15) is 5.78 Å². The van der Waals surface area contributed by atoms with Crippen molar-refractivity contribution in [3.05, 3.63) is 0 Å². The topological polar surface area (TPSA) is 46.2 Å². The van der Waals surface area contributed by atoms with Crippen LogP contribution < -0.4 is 5.32 Å². The summed E-state index contributed by atoms with van der Waals surface area (Å²) >= 11 is 0. The Labute approximate surface area is 91.6 Å². The lowest BCUT2D eigenvalue weighted by atomic mass is 9.85. The molecule has 1 N–H and O–H groups in total. The predicted octanol–water partition coefficient (Wildman–Crippen LogP) is 1.91. The van der Waals surface area contributed by atoms with Crippen molar-refractivity contribution in [2.24, 2.45) is 11.3 Å². The fourth-order valence-corrected chi connectivity index (χ4v) is 1.68. The summed E-state index contributed by atoms with van der Waals surface area (Å²) in [6.07, 6.45) is 2.33. The van der Waals surface area contributed by atoms with Gasteiger partial charge in [-0.1, -0.05) is 27.7 Å². The number of ketones is 1. The standard InChI is InChI=1S/C12H21NO2/c1-8-5-6-9(7-10(8)14)13-11(15)12(2,3)4/h8-9H,5-7H2,1-4H3,(H,13,15). The van der Waals surface area contributed by atoms with Gasteiger partial charge < -0.3 is 5.32 Å². The van der Waals surface area contributed by atoms with Crippen LogP contribution in [0, 0.1) is 11.3 Å². The first kappa shape index (κ1) is 12.2. The fourth-order valence-electron chi connectivity index (χ4n) is 1.68. The zero-order valence-electron chi connectivity index (χ0n) is 10.1. The number of Topliss-reactive ketones (excluding diaryl/α,β-unsaturated/α-hetero) is 1. The van der Waals surface area contributed by atoms with Crippen LogP contribution in [-0.4, -0.2) is 17.7 Å². The molecular formula is C12H21NO2. The largest absolute Gasteiger partial charge is 0.352 e. The van der Waals surface area contributed by atoms with E-state index in [9.17, 15) is 9.59 Å². The molecule has 86 valence electrons. The van der Waals surface area contributed by atoms with Crippen LogP contribution in [0.15, 0.2) is 0 Å². The van der Waals surface area contributed by atoms with Crippen molar-refractivity contribution in [1.29, 1.82) is 0 Å². The Morgan fingerprint density at radius 1 is 1.33 bits per heavy atom. The maximum atomic E-state index is 11.7. The molecule has 1 rings (SSSR count). The molecular weight excluding hydrogens is 190 g/mol. The van der Waals surface area contributed by atoms with E-state index in [1.807, 2.05) is 27.7 Å². The highest BCUT2D eigenvalue weighted by Crippen LogP contribution is 2.22. The van der Waals surface area contributed by atoms with Crippen molar-refractivity contribution in [2.75, 3.05) is 0 Å². The molecule has 0 aliphatic heterocycles. The average molecular weight is 211 g/mol. The van der Waals surface area contributed by atoms with Gasteiger partial charge in [-0.3, -0.25) is 9.59 Å². The normalized spacial score (nSPS) is 27.6.